The van der Waals surface area contributed by atoms with Gasteiger partial charge in [0, 0.05) is 12.0 Å². The molecule has 0 unspecified atom stereocenters. The number of para-hydroxylation sites is 1. The molecule has 0 saturated carbocycles. The van der Waals surface area contributed by atoms with Crippen LogP contribution in [0.5, 0.6) is 0 Å². The fraction of sp³-hybridized carbons (Fsp3) is 0.500. The first kappa shape index (κ1) is 16.1. The number of aromatic nitrogens is 4. The van der Waals surface area contributed by atoms with E-state index in [1.165, 1.54) is 0 Å². The fourth-order valence-corrected chi connectivity index (χ4v) is 2.70. The summed E-state index contributed by atoms with van der Waals surface area (Å²) < 4.78 is 0. The molecule has 2 N–H and O–H groups in total. The summed E-state index contributed by atoms with van der Waals surface area (Å²) in [7, 11) is 0. The van der Waals surface area contributed by atoms with E-state index in [2.05, 4.69) is 53.6 Å². The molecule has 0 aliphatic rings. The van der Waals surface area contributed by atoms with Crippen LogP contribution in [0.3, 0.4) is 0 Å². The van der Waals surface area contributed by atoms with E-state index in [-0.39, 0.29) is 11.3 Å². The van der Waals surface area contributed by atoms with Crippen molar-refractivity contribution < 1.29 is 4.79 Å². The van der Waals surface area contributed by atoms with Crippen molar-refractivity contribution >= 4 is 11.6 Å². The van der Waals surface area contributed by atoms with Crippen molar-refractivity contribution in [2.24, 2.45) is 11.3 Å². The number of benzene rings is 1. The SMILES string of the molecule is C[C@H](CC(=O)Nc1ccccc1-c1nn[nH]n1)CC(C)(C)C. The standard InChI is InChI=1S/C16H23N5O/c1-11(10-16(2,3)4)9-14(22)17-13-8-6-5-7-12(13)15-18-20-21-19-15/h5-8,11H,9-10H2,1-4H3,(H,17,22)(H,18,19,20,21)/t11-/m1/s1. The van der Waals surface area contributed by atoms with Crippen LogP contribution in [0, 0.1) is 11.3 Å². The van der Waals surface area contributed by atoms with E-state index in [0.29, 0.717) is 23.9 Å². The van der Waals surface area contributed by atoms with Crippen LogP contribution in [0.15, 0.2) is 24.3 Å². The molecule has 2 aromatic rings. The summed E-state index contributed by atoms with van der Waals surface area (Å²) in [4.78, 5) is 12.3. The molecule has 0 bridgehead atoms. The monoisotopic (exact) mass is 301 g/mol. The number of H-pyrrole nitrogens is 1. The molecule has 0 saturated heterocycles. The Balaban J connectivity index is 2.04. The third-order valence-corrected chi connectivity index (χ3v) is 3.28. The quantitative estimate of drug-likeness (QED) is 0.887. The zero-order chi connectivity index (χ0) is 16.2. The molecule has 0 fully saturated rings. The summed E-state index contributed by atoms with van der Waals surface area (Å²) in [6.45, 7) is 8.67. The topological polar surface area (TPSA) is 83.6 Å². The Morgan fingerprint density at radius 2 is 2.05 bits per heavy atom. The summed E-state index contributed by atoms with van der Waals surface area (Å²) in [6.07, 6.45) is 1.50. The number of hydrogen-bond acceptors (Lipinski definition) is 4. The molecule has 1 heterocycles. The number of hydrogen-bond donors (Lipinski definition) is 2. The molecule has 2 rings (SSSR count). The molecule has 1 aromatic carbocycles. The average Bonchev–Trinajstić information content (AvgIpc) is 2.90. The number of nitrogens with zero attached hydrogens (tertiary/aromatic N) is 3. The number of anilines is 1. The van der Waals surface area contributed by atoms with Gasteiger partial charge in [-0.1, -0.05) is 39.8 Å². The van der Waals surface area contributed by atoms with Crippen molar-refractivity contribution in [2.75, 3.05) is 5.32 Å². The lowest BCUT2D eigenvalue weighted by Gasteiger charge is -2.22. The van der Waals surface area contributed by atoms with Gasteiger partial charge in [-0.15, -0.1) is 10.2 Å². The van der Waals surface area contributed by atoms with Crippen LogP contribution in [0.2, 0.25) is 0 Å². The second kappa shape index (κ2) is 6.68. The lowest BCUT2D eigenvalue weighted by Crippen LogP contribution is -2.19. The molecule has 1 amide bonds. The maximum atomic E-state index is 12.3. The van der Waals surface area contributed by atoms with Gasteiger partial charge in [0.2, 0.25) is 11.7 Å². The number of aromatic amines is 1. The van der Waals surface area contributed by atoms with Crippen LogP contribution in [0.1, 0.15) is 40.5 Å². The molecular formula is C16H23N5O. The van der Waals surface area contributed by atoms with Crippen LogP contribution < -0.4 is 5.32 Å². The van der Waals surface area contributed by atoms with Gasteiger partial charge in [-0.3, -0.25) is 4.79 Å². The van der Waals surface area contributed by atoms with Crippen molar-refractivity contribution in [3.8, 4) is 11.4 Å². The van der Waals surface area contributed by atoms with Gasteiger partial charge in [0.05, 0.1) is 5.69 Å². The van der Waals surface area contributed by atoms with E-state index >= 15 is 0 Å². The minimum Gasteiger partial charge on any atom is -0.325 e. The van der Waals surface area contributed by atoms with Gasteiger partial charge in [0.15, 0.2) is 0 Å². The predicted octanol–water partition coefficient (Wildman–Crippen LogP) is 3.27. The summed E-state index contributed by atoms with van der Waals surface area (Å²) >= 11 is 0. The third-order valence-electron chi connectivity index (χ3n) is 3.28. The summed E-state index contributed by atoms with van der Waals surface area (Å²) in [5.41, 5.74) is 1.69. The Bertz CT molecular complexity index is 616. The highest BCUT2D eigenvalue weighted by Crippen LogP contribution is 2.27. The maximum Gasteiger partial charge on any atom is 0.224 e. The predicted molar refractivity (Wildman–Crippen MR) is 86.1 cm³/mol. The molecule has 0 aliphatic carbocycles. The molecule has 0 radical (unpaired) electrons. The normalized spacial score (nSPS) is 12.9. The molecule has 6 heteroatoms. The van der Waals surface area contributed by atoms with Gasteiger partial charge in [-0.05, 0) is 35.1 Å². The summed E-state index contributed by atoms with van der Waals surface area (Å²) in [5.74, 6) is 0.809. The maximum absolute atomic E-state index is 12.3. The van der Waals surface area contributed by atoms with Crippen molar-refractivity contribution in [1.82, 2.24) is 20.6 Å². The number of tetrazole rings is 1. The first-order valence-corrected chi connectivity index (χ1v) is 7.48. The first-order valence-electron chi connectivity index (χ1n) is 7.48. The van der Waals surface area contributed by atoms with E-state index < -0.39 is 0 Å². The minimum absolute atomic E-state index is 0.00712. The van der Waals surface area contributed by atoms with Crippen LogP contribution in [-0.2, 0) is 4.79 Å². The Hall–Kier alpha value is -2.24. The van der Waals surface area contributed by atoms with E-state index in [4.69, 9.17) is 0 Å². The number of rotatable bonds is 5. The highest BCUT2D eigenvalue weighted by Gasteiger charge is 2.18. The second-order valence-electron chi connectivity index (χ2n) is 6.90. The largest absolute Gasteiger partial charge is 0.325 e. The lowest BCUT2D eigenvalue weighted by atomic mass is 9.84. The molecule has 1 atom stereocenters. The van der Waals surface area contributed by atoms with Gasteiger partial charge in [0.25, 0.3) is 0 Å². The number of nitrogens with one attached hydrogen (secondary N) is 2. The van der Waals surface area contributed by atoms with Crippen LogP contribution >= 0.6 is 0 Å². The van der Waals surface area contributed by atoms with E-state index in [0.717, 1.165) is 12.0 Å². The lowest BCUT2D eigenvalue weighted by molar-refractivity contribution is -0.117. The van der Waals surface area contributed by atoms with Gasteiger partial charge < -0.3 is 5.32 Å². The van der Waals surface area contributed by atoms with Gasteiger partial charge in [0.1, 0.15) is 0 Å². The molecule has 6 nitrogen and oxygen atoms in total. The molecule has 0 spiro atoms. The van der Waals surface area contributed by atoms with Crippen LogP contribution in [0.25, 0.3) is 11.4 Å². The Morgan fingerprint density at radius 1 is 1.32 bits per heavy atom. The minimum atomic E-state index is 0.00712. The van der Waals surface area contributed by atoms with Crippen molar-refractivity contribution in [1.29, 1.82) is 0 Å². The Morgan fingerprint density at radius 3 is 2.68 bits per heavy atom. The van der Waals surface area contributed by atoms with Crippen LogP contribution in [-0.4, -0.2) is 26.5 Å². The second-order valence-corrected chi connectivity index (χ2v) is 6.90. The number of carbonyl (C=O) groups is 1. The zero-order valence-electron chi connectivity index (χ0n) is 13.6. The highest BCUT2D eigenvalue weighted by atomic mass is 16.1. The van der Waals surface area contributed by atoms with Gasteiger partial charge >= 0.3 is 0 Å². The molecular weight excluding hydrogens is 278 g/mol. The average molecular weight is 301 g/mol. The van der Waals surface area contributed by atoms with Crippen molar-refractivity contribution in [2.45, 2.75) is 40.5 Å². The highest BCUT2D eigenvalue weighted by molar-refractivity contribution is 5.94. The first-order chi connectivity index (χ1) is 10.3. The third kappa shape index (κ3) is 4.65. The van der Waals surface area contributed by atoms with Gasteiger partial charge in [-0.25, -0.2) is 0 Å². The zero-order valence-corrected chi connectivity index (χ0v) is 13.6. The van der Waals surface area contributed by atoms with Gasteiger partial charge in [-0.2, -0.15) is 5.21 Å². The van der Waals surface area contributed by atoms with Crippen molar-refractivity contribution in [3.63, 3.8) is 0 Å². The number of amides is 1. The molecule has 0 aliphatic heterocycles. The Labute approximate surface area is 130 Å². The van der Waals surface area contributed by atoms with Crippen LogP contribution in [0.4, 0.5) is 5.69 Å². The molecule has 1 aromatic heterocycles. The molecule has 22 heavy (non-hydrogen) atoms. The fourth-order valence-electron chi connectivity index (χ4n) is 2.70. The number of carbonyl (C=O) groups excluding carboxylic acids is 1. The van der Waals surface area contributed by atoms with E-state index in [9.17, 15) is 4.79 Å². The summed E-state index contributed by atoms with van der Waals surface area (Å²) in [6, 6.07) is 7.46. The summed E-state index contributed by atoms with van der Waals surface area (Å²) in [5, 5.41) is 16.9. The Kier molecular flexibility index (Phi) is 4.90. The molecule has 118 valence electrons. The van der Waals surface area contributed by atoms with Crippen molar-refractivity contribution in [3.05, 3.63) is 24.3 Å². The van der Waals surface area contributed by atoms with E-state index in [1.807, 2.05) is 24.3 Å². The smallest absolute Gasteiger partial charge is 0.224 e. The van der Waals surface area contributed by atoms with E-state index in [1.54, 1.807) is 0 Å².